The molecule has 0 aliphatic heterocycles. The van der Waals surface area contributed by atoms with Gasteiger partial charge < -0.3 is 14.8 Å². The molecule has 168 valence electrons. The van der Waals surface area contributed by atoms with E-state index in [1.807, 2.05) is 19.9 Å². The van der Waals surface area contributed by atoms with Gasteiger partial charge in [0, 0.05) is 22.7 Å². The average molecular weight is 455 g/mol. The Kier molecular flexibility index (Phi) is 7.04. The van der Waals surface area contributed by atoms with Crippen molar-refractivity contribution in [2.45, 2.75) is 46.3 Å². The van der Waals surface area contributed by atoms with E-state index in [9.17, 15) is 9.59 Å². The van der Waals surface area contributed by atoms with Gasteiger partial charge in [-0.2, -0.15) is 0 Å². The number of carbonyl (C=O) groups excluding carboxylic acids is 2. The summed E-state index contributed by atoms with van der Waals surface area (Å²) < 4.78 is 10.9. The summed E-state index contributed by atoms with van der Waals surface area (Å²) in [4.78, 5) is 29.6. The van der Waals surface area contributed by atoms with Gasteiger partial charge >= 0.3 is 6.09 Å². The lowest BCUT2D eigenvalue weighted by atomic mass is 9.96. The van der Waals surface area contributed by atoms with Crippen LogP contribution in [-0.4, -0.2) is 29.1 Å². The first-order chi connectivity index (χ1) is 15.1. The molecular weight excluding hydrogens is 428 g/mol. The van der Waals surface area contributed by atoms with Crippen LogP contribution in [0.4, 0.5) is 4.79 Å². The van der Waals surface area contributed by atoms with Gasteiger partial charge in [-0.05, 0) is 69.8 Å². The normalized spacial score (nSPS) is 12.3. The highest BCUT2D eigenvalue weighted by Gasteiger charge is 2.21. The van der Waals surface area contributed by atoms with Gasteiger partial charge in [-0.3, -0.25) is 4.79 Å². The monoisotopic (exact) mass is 454 g/mol. The van der Waals surface area contributed by atoms with Gasteiger partial charge in [-0.15, -0.1) is 0 Å². The molecule has 0 radical (unpaired) electrons. The van der Waals surface area contributed by atoms with Crippen LogP contribution in [0.2, 0.25) is 5.02 Å². The standard InChI is InChI=1S/C25H27ClN2O4/c1-6-31-23-19-9-7-8-18(17(19)12-13-27-23)22(29)20-11-10-16(14-21(20)26)15(2)28-24(30)32-25(3,4)5/h7-15H,6H2,1-5H3,(H,28,30). The maximum Gasteiger partial charge on any atom is 0.408 e. The summed E-state index contributed by atoms with van der Waals surface area (Å²) in [5, 5.41) is 4.60. The average Bonchev–Trinajstić information content (AvgIpc) is 2.72. The number of hydrogen-bond acceptors (Lipinski definition) is 5. The number of hydrogen-bond donors (Lipinski definition) is 1. The summed E-state index contributed by atoms with van der Waals surface area (Å²) in [7, 11) is 0. The van der Waals surface area contributed by atoms with Crippen LogP contribution in [0.3, 0.4) is 0 Å². The number of amides is 1. The van der Waals surface area contributed by atoms with E-state index in [1.165, 1.54) is 0 Å². The fourth-order valence-corrected chi connectivity index (χ4v) is 3.60. The van der Waals surface area contributed by atoms with Crippen LogP contribution >= 0.6 is 11.6 Å². The summed E-state index contributed by atoms with van der Waals surface area (Å²) in [5.74, 6) is 0.289. The third-order valence-corrected chi connectivity index (χ3v) is 5.08. The molecule has 1 amide bonds. The van der Waals surface area contributed by atoms with Crippen molar-refractivity contribution in [2.24, 2.45) is 0 Å². The van der Waals surface area contributed by atoms with Crippen molar-refractivity contribution in [2.75, 3.05) is 6.61 Å². The Labute approximate surface area is 192 Å². The second kappa shape index (κ2) is 9.57. The number of nitrogens with zero attached hydrogens (tertiary/aromatic N) is 1. The highest BCUT2D eigenvalue weighted by Crippen LogP contribution is 2.30. The summed E-state index contributed by atoms with van der Waals surface area (Å²) >= 11 is 6.49. The molecule has 0 spiro atoms. The van der Waals surface area contributed by atoms with Gasteiger partial charge in [0.25, 0.3) is 0 Å². The second-order valence-corrected chi connectivity index (χ2v) is 8.79. The number of nitrogens with one attached hydrogen (secondary N) is 1. The Morgan fingerprint density at radius 3 is 2.50 bits per heavy atom. The van der Waals surface area contributed by atoms with Gasteiger partial charge in [-0.25, -0.2) is 9.78 Å². The maximum atomic E-state index is 13.3. The first kappa shape index (κ1) is 23.5. The molecule has 6 nitrogen and oxygen atoms in total. The van der Waals surface area contributed by atoms with Crippen molar-refractivity contribution < 1.29 is 19.1 Å². The third kappa shape index (κ3) is 5.37. The predicted octanol–water partition coefficient (Wildman–Crippen LogP) is 6.10. The van der Waals surface area contributed by atoms with Crippen molar-refractivity contribution >= 4 is 34.2 Å². The van der Waals surface area contributed by atoms with Gasteiger partial charge in [0.2, 0.25) is 5.88 Å². The number of alkyl carbamates (subject to hydrolysis) is 1. The first-order valence-electron chi connectivity index (χ1n) is 10.4. The number of benzene rings is 2. The molecule has 1 atom stereocenters. The zero-order chi connectivity index (χ0) is 23.5. The number of pyridine rings is 1. The molecule has 1 N–H and O–H groups in total. The molecule has 0 saturated heterocycles. The molecule has 7 heteroatoms. The molecule has 32 heavy (non-hydrogen) atoms. The summed E-state index contributed by atoms with van der Waals surface area (Å²) in [6, 6.07) is 12.0. The van der Waals surface area contributed by atoms with Crippen LogP contribution in [0.15, 0.2) is 48.7 Å². The van der Waals surface area contributed by atoms with E-state index in [1.54, 1.807) is 63.4 Å². The quantitative estimate of drug-likeness (QED) is 0.455. The Bertz CT molecular complexity index is 1150. The number of aromatic nitrogens is 1. The van der Waals surface area contributed by atoms with Crippen LogP contribution in [0.5, 0.6) is 5.88 Å². The molecule has 0 aliphatic rings. The fourth-order valence-electron chi connectivity index (χ4n) is 3.33. The smallest absolute Gasteiger partial charge is 0.408 e. The molecule has 3 aromatic rings. The number of rotatable bonds is 6. The zero-order valence-electron chi connectivity index (χ0n) is 18.9. The van der Waals surface area contributed by atoms with Crippen LogP contribution in [-0.2, 0) is 4.74 Å². The lowest BCUT2D eigenvalue weighted by Gasteiger charge is -2.22. The van der Waals surface area contributed by atoms with Crippen molar-refractivity contribution in [1.82, 2.24) is 10.3 Å². The van der Waals surface area contributed by atoms with Crippen LogP contribution in [0.25, 0.3) is 10.8 Å². The van der Waals surface area contributed by atoms with E-state index in [0.29, 0.717) is 28.6 Å². The van der Waals surface area contributed by atoms with Crippen molar-refractivity contribution in [3.8, 4) is 5.88 Å². The van der Waals surface area contributed by atoms with Crippen molar-refractivity contribution in [3.63, 3.8) is 0 Å². The molecular formula is C25H27ClN2O4. The van der Waals surface area contributed by atoms with E-state index in [-0.39, 0.29) is 11.8 Å². The highest BCUT2D eigenvalue weighted by molar-refractivity contribution is 6.35. The van der Waals surface area contributed by atoms with Crippen molar-refractivity contribution in [1.29, 1.82) is 0 Å². The Morgan fingerprint density at radius 1 is 1.09 bits per heavy atom. The Morgan fingerprint density at radius 2 is 1.84 bits per heavy atom. The molecule has 2 aromatic carbocycles. The SMILES string of the molecule is CCOc1nccc2c(C(=O)c3ccc(C(C)NC(=O)OC(C)(C)C)cc3Cl)cccc12. The zero-order valence-corrected chi connectivity index (χ0v) is 19.6. The summed E-state index contributed by atoms with van der Waals surface area (Å²) in [6.07, 6.45) is 1.11. The molecule has 3 rings (SSSR count). The van der Waals surface area contributed by atoms with E-state index >= 15 is 0 Å². The number of ketones is 1. The van der Waals surface area contributed by atoms with Gasteiger partial charge in [-0.1, -0.05) is 29.8 Å². The molecule has 1 unspecified atom stereocenters. The third-order valence-electron chi connectivity index (χ3n) is 4.77. The minimum Gasteiger partial charge on any atom is -0.478 e. The lowest BCUT2D eigenvalue weighted by molar-refractivity contribution is 0.0507. The minimum absolute atomic E-state index is 0.200. The van der Waals surface area contributed by atoms with Crippen LogP contribution in [0, 0.1) is 0 Å². The number of ether oxygens (including phenoxy) is 2. The van der Waals surface area contributed by atoms with Gasteiger partial charge in [0.15, 0.2) is 5.78 Å². The van der Waals surface area contributed by atoms with E-state index in [0.717, 1.165) is 16.3 Å². The minimum atomic E-state index is -0.590. The van der Waals surface area contributed by atoms with Crippen molar-refractivity contribution in [3.05, 3.63) is 70.4 Å². The number of fused-ring (bicyclic) bond motifs is 1. The Balaban J connectivity index is 1.88. The summed E-state index contributed by atoms with van der Waals surface area (Å²) in [6.45, 7) is 9.59. The van der Waals surface area contributed by atoms with Gasteiger partial charge in [0.1, 0.15) is 5.60 Å². The first-order valence-corrected chi connectivity index (χ1v) is 10.8. The largest absolute Gasteiger partial charge is 0.478 e. The molecule has 0 bridgehead atoms. The Hall–Kier alpha value is -3.12. The second-order valence-electron chi connectivity index (χ2n) is 8.39. The fraction of sp³-hybridized carbons (Fsp3) is 0.320. The number of halogens is 1. The lowest BCUT2D eigenvalue weighted by Crippen LogP contribution is -2.34. The maximum absolute atomic E-state index is 13.3. The highest BCUT2D eigenvalue weighted by atomic mass is 35.5. The molecule has 0 aliphatic carbocycles. The van der Waals surface area contributed by atoms with E-state index in [4.69, 9.17) is 21.1 Å². The molecule has 1 heterocycles. The summed E-state index contributed by atoms with van der Waals surface area (Å²) in [5.41, 5.74) is 1.06. The number of carbonyl (C=O) groups is 2. The topological polar surface area (TPSA) is 77.5 Å². The predicted molar refractivity (Wildman–Crippen MR) is 126 cm³/mol. The molecule has 1 aromatic heterocycles. The van der Waals surface area contributed by atoms with Crippen LogP contribution in [0.1, 0.15) is 62.1 Å². The molecule has 0 fully saturated rings. The van der Waals surface area contributed by atoms with E-state index < -0.39 is 11.7 Å². The van der Waals surface area contributed by atoms with Crippen LogP contribution < -0.4 is 10.1 Å². The molecule has 0 saturated carbocycles. The van der Waals surface area contributed by atoms with E-state index in [2.05, 4.69) is 10.3 Å². The van der Waals surface area contributed by atoms with Gasteiger partial charge in [0.05, 0.1) is 17.7 Å².